The van der Waals surface area contributed by atoms with Gasteiger partial charge in [-0.3, -0.25) is 4.72 Å². The van der Waals surface area contributed by atoms with Gasteiger partial charge in [0.05, 0.1) is 0 Å². The number of hydrogen-bond donors (Lipinski definition) is 1. The van der Waals surface area contributed by atoms with Crippen molar-refractivity contribution in [1.29, 1.82) is 0 Å². The SMILES string of the molecule is O=S(=O)(Nc1ccc(F)cc1)c1c(F)cc(F)cc1Br. The summed E-state index contributed by atoms with van der Waals surface area (Å²) in [6.45, 7) is 0. The number of benzene rings is 2. The molecule has 0 aliphatic rings. The molecule has 0 radical (unpaired) electrons. The Labute approximate surface area is 121 Å². The number of sulfonamides is 1. The van der Waals surface area contributed by atoms with Gasteiger partial charge >= 0.3 is 0 Å². The molecular formula is C12H7BrF3NO2S. The van der Waals surface area contributed by atoms with Crippen LogP contribution in [0.3, 0.4) is 0 Å². The van der Waals surface area contributed by atoms with Gasteiger partial charge in [-0.05, 0) is 46.3 Å². The van der Waals surface area contributed by atoms with Gasteiger partial charge in [-0.1, -0.05) is 0 Å². The van der Waals surface area contributed by atoms with Crippen molar-refractivity contribution >= 4 is 31.6 Å². The first-order valence-electron chi connectivity index (χ1n) is 5.22. The molecule has 0 aromatic heterocycles. The second kappa shape index (κ2) is 5.45. The maximum absolute atomic E-state index is 13.6. The van der Waals surface area contributed by atoms with Gasteiger partial charge in [0.15, 0.2) is 0 Å². The number of anilines is 1. The minimum absolute atomic E-state index is 0.0574. The van der Waals surface area contributed by atoms with E-state index in [1.165, 1.54) is 12.1 Å². The summed E-state index contributed by atoms with van der Waals surface area (Å²) >= 11 is 2.80. The number of rotatable bonds is 3. The normalized spacial score (nSPS) is 11.4. The van der Waals surface area contributed by atoms with Crippen molar-refractivity contribution in [3.8, 4) is 0 Å². The van der Waals surface area contributed by atoms with E-state index in [1.807, 2.05) is 0 Å². The predicted octanol–water partition coefficient (Wildman–Crippen LogP) is 3.67. The summed E-state index contributed by atoms with van der Waals surface area (Å²) in [5, 5.41) is 0. The number of nitrogens with one attached hydrogen (secondary N) is 1. The minimum atomic E-state index is -4.27. The standard InChI is InChI=1S/C12H7BrF3NO2S/c13-10-5-8(15)6-11(16)12(10)20(18,19)17-9-3-1-7(14)2-4-9/h1-6,17H. The highest BCUT2D eigenvalue weighted by Crippen LogP contribution is 2.28. The molecule has 0 atom stereocenters. The van der Waals surface area contributed by atoms with E-state index in [0.29, 0.717) is 6.07 Å². The Morgan fingerprint density at radius 1 is 0.950 bits per heavy atom. The molecule has 0 fully saturated rings. The monoisotopic (exact) mass is 365 g/mol. The minimum Gasteiger partial charge on any atom is -0.280 e. The smallest absolute Gasteiger partial charge is 0.265 e. The highest BCUT2D eigenvalue weighted by Gasteiger charge is 2.23. The van der Waals surface area contributed by atoms with E-state index in [0.717, 1.165) is 18.2 Å². The molecule has 2 aromatic carbocycles. The molecule has 20 heavy (non-hydrogen) atoms. The quantitative estimate of drug-likeness (QED) is 0.901. The summed E-state index contributed by atoms with van der Waals surface area (Å²) in [4.78, 5) is -0.719. The fourth-order valence-electron chi connectivity index (χ4n) is 1.51. The van der Waals surface area contributed by atoms with Crippen LogP contribution in [0, 0.1) is 17.5 Å². The Morgan fingerprint density at radius 3 is 2.10 bits per heavy atom. The second-order valence-corrected chi connectivity index (χ2v) is 6.28. The van der Waals surface area contributed by atoms with Crippen LogP contribution < -0.4 is 4.72 Å². The molecule has 0 heterocycles. The Bertz CT molecular complexity index is 725. The Balaban J connectivity index is 2.43. The first-order chi connectivity index (χ1) is 9.29. The van der Waals surface area contributed by atoms with Gasteiger partial charge in [-0.2, -0.15) is 0 Å². The summed E-state index contributed by atoms with van der Waals surface area (Å²) in [7, 11) is -4.27. The van der Waals surface area contributed by atoms with Crippen molar-refractivity contribution in [2.45, 2.75) is 4.90 Å². The number of halogens is 4. The van der Waals surface area contributed by atoms with E-state index in [9.17, 15) is 21.6 Å². The van der Waals surface area contributed by atoms with Crippen molar-refractivity contribution in [2.24, 2.45) is 0 Å². The zero-order chi connectivity index (χ0) is 14.9. The van der Waals surface area contributed by atoms with Crippen LogP contribution in [0.5, 0.6) is 0 Å². The Hall–Kier alpha value is -1.54. The van der Waals surface area contributed by atoms with Crippen LogP contribution in [0.2, 0.25) is 0 Å². The molecule has 106 valence electrons. The molecule has 0 saturated carbocycles. The third-order valence-electron chi connectivity index (χ3n) is 2.33. The fourth-order valence-corrected chi connectivity index (χ4v) is 3.74. The summed E-state index contributed by atoms with van der Waals surface area (Å²) in [6, 6.07) is 5.76. The van der Waals surface area contributed by atoms with Gasteiger partial charge < -0.3 is 0 Å². The third kappa shape index (κ3) is 3.13. The van der Waals surface area contributed by atoms with Crippen molar-refractivity contribution in [3.63, 3.8) is 0 Å². The van der Waals surface area contributed by atoms with Crippen LogP contribution in [-0.4, -0.2) is 8.42 Å². The predicted molar refractivity (Wildman–Crippen MR) is 71.3 cm³/mol. The largest absolute Gasteiger partial charge is 0.280 e. The lowest BCUT2D eigenvalue weighted by molar-refractivity contribution is 0.548. The maximum atomic E-state index is 13.6. The van der Waals surface area contributed by atoms with Gasteiger partial charge in [0.1, 0.15) is 22.3 Å². The van der Waals surface area contributed by atoms with Crippen molar-refractivity contribution < 1.29 is 21.6 Å². The molecule has 0 unspecified atom stereocenters. The first kappa shape index (κ1) is 14.9. The number of hydrogen-bond acceptors (Lipinski definition) is 2. The molecule has 8 heteroatoms. The molecule has 2 aromatic rings. The molecule has 1 N–H and O–H groups in total. The zero-order valence-corrected chi connectivity index (χ0v) is 12.1. The third-order valence-corrected chi connectivity index (χ3v) is 4.67. The Morgan fingerprint density at radius 2 is 1.55 bits per heavy atom. The summed E-state index contributed by atoms with van der Waals surface area (Å²) in [5.41, 5.74) is 0.0574. The molecule has 3 nitrogen and oxygen atoms in total. The topological polar surface area (TPSA) is 46.2 Å². The lowest BCUT2D eigenvalue weighted by Gasteiger charge is -2.10. The van der Waals surface area contributed by atoms with E-state index in [1.54, 1.807) is 0 Å². The summed E-state index contributed by atoms with van der Waals surface area (Å²) in [6.07, 6.45) is 0. The molecular weight excluding hydrogens is 359 g/mol. The van der Waals surface area contributed by atoms with Crippen LogP contribution in [0.15, 0.2) is 45.8 Å². The molecule has 2 rings (SSSR count). The van der Waals surface area contributed by atoms with E-state index in [4.69, 9.17) is 0 Å². The van der Waals surface area contributed by atoms with Crippen LogP contribution >= 0.6 is 15.9 Å². The molecule has 0 bridgehead atoms. The van der Waals surface area contributed by atoms with E-state index in [-0.39, 0.29) is 10.2 Å². The lowest BCUT2D eigenvalue weighted by Crippen LogP contribution is -2.15. The zero-order valence-electron chi connectivity index (χ0n) is 9.70. The van der Waals surface area contributed by atoms with Crippen molar-refractivity contribution in [1.82, 2.24) is 0 Å². The van der Waals surface area contributed by atoms with Gasteiger partial charge in [0.2, 0.25) is 0 Å². The van der Waals surface area contributed by atoms with Gasteiger partial charge in [0, 0.05) is 16.2 Å². The van der Waals surface area contributed by atoms with Crippen molar-refractivity contribution in [2.75, 3.05) is 4.72 Å². The van der Waals surface area contributed by atoms with E-state index >= 15 is 0 Å². The van der Waals surface area contributed by atoms with Crippen LogP contribution in [0.4, 0.5) is 18.9 Å². The molecule has 0 spiro atoms. The van der Waals surface area contributed by atoms with Crippen LogP contribution in [0.1, 0.15) is 0 Å². The maximum Gasteiger partial charge on any atom is 0.265 e. The summed E-state index contributed by atoms with van der Waals surface area (Å²) in [5.74, 6) is -2.68. The molecule has 0 aliphatic carbocycles. The summed E-state index contributed by atoms with van der Waals surface area (Å²) < 4.78 is 65.2. The van der Waals surface area contributed by atoms with Crippen LogP contribution in [0.25, 0.3) is 0 Å². The van der Waals surface area contributed by atoms with E-state index in [2.05, 4.69) is 20.7 Å². The average molecular weight is 366 g/mol. The first-order valence-corrected chi connectivity index (χ1v) is 7.50. The van der Waals surface area contributed by atoms with Gasteiger partial charge in [-0.25, -0.2) is 21.6 Å². The van der Waals surface area contributed by atoms with Gasteiger partial charge in [-0.15, -0.1) is 0 Å². The highest BCUT2D eigenvalue weighted by molar-refractivity contribution is 9.10. The Kier molecular flexibility index (Phi) is 4.05. The lowest BCUT2D eigenvalue weighted by atomic mass is 10.3. The second-order valence-electron chi connectivity index (χ2n) is 3.81. The average Bonchev–Trinajstić information content (AvgIpc) is 2.30. The fraction of sp³-hybridized carbons (Fsp3) is 0. The van der Waals surface area contributed by atoms with Crippen LogP contribution in [-0.2, 0) is 10.0 Å². The molecule has 0 saturated heterocycles. The molecule has 0 amide bonds. The van der Waals surface area contributed by atoms with Gasteiger partial charge in [0.25, 0.3) is 10.0 Å². The van der Waals surface area contributed by atoms with E-state index < -0.39 is 32.4 Å². The van der Waals surface area contributed by atoms with Crippen molar-refractivity contribution in [3.05, 3.63) is 58.3 Å². The highest BCUT2D eigenvalue weighted by atomic mass is 79.9. The molecule has 0 aliphatic heterocycles.